The number of aryl methyl sites for hydroxylation is 1. The number of hydrogen-bond acceptors (Lipinski definition) is 6. The number of aromatic nitrogens is 4. The Kier molecular flexibility index (Phi) is 4.47. The summed E-state index contributed by atoms with van der Waals surface area (Å²) in [4.78, 5) is 26.4. The number of anilines is 1. The molecule has 0 aromatic carbocycles. The molecule has 1 aliphatic carbocycles. The van der Waals surface area contributed by atoms with Crippen LogP contribution in [0.25, 0.3) is 0 Å². The minimum absolute atomic E-state index is 0.0720. The van der Waals surface area contributed by atoms with Gasteiger partial charge in [0.2, 0.25) is 16.9 Å². The molecule has 0 bridgehead atoms. The Morgan fingerprint density at radius 2 is 2.23 bits per heavy atom. The van der Waals surface area contributed by atoms with Crippen molar-refractivity contribution in [2.75, 3.05) is 11.4 Å². The average molecular weight is 374 g/mol. The van der Waals surface area contributed by atoms with Gasteiger partial charge in [-0.05, 0) is 24.8 Å². The topological polar surface area (TPSA) is 104 Å². The highest BCUT2D eigenvalue weighted by atomic mass is 32.1. The second-order valence-electron chi connectivity index (χ2n) is 7.18. The summed E-state index contributed by atoms with van der Waals surface area (Å²) in [6.07, 6.45) is 3.39. The van der Waals surface area contributed by atoms with Gasteiger partial charge in [-0.1, -0.05) is 25.2 Å². The summed E-state index contributed by atoms with van der Waals surface area (Å²) < 4.78 is 0. The number of fused-ring (bicyclic) bond motifs is 1. The summed E-state index contributed by atoms with van der Waals surface area (Å²) in [5.74, 6) is -0.268. The van der Waals surface area contributed by atoms with Crippen molar-refractivity contribution < 1.29 is 9.59 Å². The van der Waals surface area contributed by atoms with Crippen molar-refractivity contribution in [2.24, 2.45) is 5.92 Å². The smallest absolute Gasteiger partial charge is 0.229 e. The minimum atomic E-state index is -0.360. The lowest BCUT2D eigenvalue weighted by Crippen LogP contribution is -2.32. The number of carbonyl (C=O) groups is 2. The lowest BCUT2D eigenvalue weighted by Gasteiger charge is -2.12. The Morgan fingerprint density at radius 1 is 1.38 bits per heavy atom. The second kappa shape index (κ2) is 6.79. The standard InChI is InChI=1S/C17H22N6O2S/c1-9(2)16-21-22-17(26-16)23-8-10(6-14(23)24)15(25)18-7-13-11-4-3-5-12(11)19-20-13/h9-10H,3-8H2,1-2H3,(H,18,25)(H,19,20). The number of nitrogens with zero attached hydrogens (tertiary/aromatic N) is 4. The fourth-order valence-corrected chi connectivity index (χ4v) is 4.36. The van der Waals surface area contributed by atoms with E-state index in [0.29, 0.717) is 18.2 Å². The van der Waals surface area contributed by atoms with E-state index in [0.717, 1.165) is 30.0 Å². The SMILES string of the molecule is CC(C)c1nnc(N2CC(C(=O)NCc3n[nH]c4c3CCC4)CC2=O)s1. The van der Waals surface area contributed by atoms with Crippen molar-refractivity contribution in [3.8, 4) is 0 Å². The zero-order chi connectivity index (χ0) is 18.3. The van der Waals surface area contributed by atoms with Crippen LogP contribution in [0.15, 0.2) is 0 Å². The van der Waals surface area contributed by atoms with Gasteiger partial charge in [-0.3, -0.25) is 19.6 Å². The van der Waals surface area contributed by atoms with Crippen LogP contribution >= 0.6 is 11.3 Å². The van der Waals surface area contributed by atoms with E-state index in [-0.39, 0.29) is 30.1 Å². The van der Waals surface area contributed by atoms with Crippen molar-refractivity contribution >= 4 is 28.3 Å². The van der Waals surface area contributed by atoms with E-state index in [1.165, 1.54) is 22.6 Å². The van der Waals surface area contributed by atoms with Crippen LogP contribution in [0.3, 0.4) is 0 Å². The highest BCUT2D eigenvalue weighted by molar-refractivity contribution is 7.15. The predicted octanol–water partition coefficient (Wildman–Crippen LogP) is 1.54. The van der Waals surface area contributed by atoms with Gasteiger partial charge in [0, 0.05) is 24.6 Å². The zero-order valence-corrected chi connectivity index (χ0v) is 15.7. The molecule has 0 saturated carbocycles. The molecule has 1 unspecified atom stereocenters. The van der Waals surface area contributed by atoms with Crippen LogP contribution in [0.4, 0.5) is 5.13 Å². The Hall–Kier alpha value is -2.29. The number of amides is 2. The molecule has 0 radical (unpaired) electrons. The number of H-pyrrole nitrogens is 1. The van der Waals surface area contributed by atoms with Gasteiger partial charge in [0.1, 0.15) is 5.01 Å². The van der Waals surface area contributed by atoms with Crippen molar-refractivity contribution in [2.45, 2.75) is 52.0 Å². The Bertz CT molecular complexity index is 842. The van der Waals surface area contributed by atoms with Crippen LogP contribution < -0.4 is 10.2 Å². The third-order valence-electron chi connectivity index (χ3n) is 4.97. The maximum atomic E-state index is 12.5. The molecule has 0 spiro atoms. The van der Waals surface area contributed by atoms with E-state index in [9.17, 15) is 9.59 Å². The summed E-state index contributed by atoms with van der Waals surface area (Å²) in [6.45, 7) is 4.85. The van der Waals surface area contributed by atoms with E-state index in [4.69, 9.17) is 0 Å². The van der Waals surface area contributed by atoms with E-state index < -0.39 is 0 Å². The quantitative estimate of drug-likeness (QED) is 0.826. The van der Waals surface area contributed by atoms with Gasteiger partial charge in [0.05, 0.1) is 18.2 Å². The van der Waals surface area contributed by atoms with Gasteiger partial charge in [0.15, 0.2) is 0 Å². The van der Waals surface area contributed by atoms with Gasteiger partial charge in [-0.15, -0.1) is 10.2 Å². The average Bonchev–Trinajstić information content (AvgIpc) is 3.36. The summed E-state index contributed by atoms with van der Waals surface area (Å²) in [7, 11) is 0. The van der Waals surface area contributed by atoms with Gasteiger partial charge >= 0.3 is 0 Å². The molecule has 2 aliphatic rings. The normalized spacial score (nSPS) is 19.4. The van der Waals surface area contributed by atoms with Gasteiger partial charge in [0.25, 0.3) is 0 Å². The van der Waals surface area contributed by atoms with Crippen LogP contribution in [-0.4, -0.2) is 38.8 Å². The molecule has 2 aromatic heterocycles. The third kappa shape index (κ3) is 3.11. The molecule has 138 valence electrons. The number of aromatic amines is 1. The van der Waals surface area contributed by atoms with Crippen molar-refractivity contribution in [3.63, 3.8) is 0 Å². The summed E-state index contributed by atoms with van der Waals surface area (Å²) in [6, 6.07) is 0. The van der Waals surface area contributed by atoms with Gasteiger partial charge < -0.3 is 5.32 Å². The van der Waals surface area contributed by atoms with Crippen molar-refractivity contribution in [1.82, 2.24) is 25.7 Å². The first-order valence-corrected chi connectivity index (χ1v) is 9.81. The van der Waals surface area contributed by atoms with Crippen molar-refractivity contribution in [1.29, 1.82) is 0 Å². The highest BCUT2D eigenvalue weighted by Crippen LogP contribution is 2.30. The first-order valence-electron chi connectivity index (χ1n) is 8.99. The number of hydrogen-bond donors (Lipinski definition) is 2. The molecule has 3 heterocycles. The molecular formula is C17H22N6O2S. The Balaban J connectivity index is 1.37. The third-order valence-corrected chi connectivity index (χ3v) is 6.22. The summed E-state index contributed by atoms with van der Waals surface area (Å²) in [5.41, 5.74) is 3.34. The van der Waals surface area contributed by atoms with E-state index in [1.807, 2.05) is 13.8 Å². The maximum absolute atomic E-state index is 12.5. The molecule has 1 atom stereocenters. The second-order valence-corrected chi connectivity index (χ2v) is 8.17. The lowest BCUT2D eigenvalue weighted by molar-refractivity contribution is -0.126. The minimum Gasteiger partial charge on any atom is -0.350 e. The van der Waals surface area contributed by atoms with Crippen molar-refractivity contribution in [3.05, 3.63) is 22.0 Å². The first-order chi connectivity index (χ1) is 12.5. The molecule has 26 heavy (non-hydrogen) atoms. The first kappa shape index (κ1) is 17.1. The zero-order valence-electron chi connectivity index (χ0n) is 14.9. The lowest BCUT2D eigenvalue weighted by atomic mass is 10.1. The van der Waals surface area contributed by atoms with Gasteiger partial charge in [-0.25, -0.2) is 0 Å². The molecule has 2 aromatic rings. The molecule has 1 aliphatic heterocycles. The van der Waals surface area contributed by atoms with E-state index >= 15 is 0 Å². The van der Waals surface area contributed by atoms with Gasteiger partial charge in [-0.2, -0.15) is 5.10 Å². The largest absolute Gasteiger partial charge is 0.350 e. The molecule has 1 saturated heterocycles. The van der Waals surface area contributed by atoms with Crippen LogP contribution in [0.1, 0.15) is 54.6 Å². The molecule has 8 nitrogen and oxygen atoms in total. The van der Waals surface area contributed by atoms with Crippen LogP contribution in [0.5, 0.6) is 0 Å². The molecule has 2 amide bonds. The molecule has 4 rings (SSSR count). The van der Waals surface area contributed by atoms with Crippen LogP contribution in [0.2, 0.25) is 0 Å². The number of carbonyl (C=O) groups excluding carboxylic acids is 2. The molecule has 9 heteroatoms. The van der Waals surface area contributed by atoms with E-state index in [1.54, 1.807) is 4.90 Å². The molecule has 1 fully saturated rings. The Morgan fingerprint density at radius 3 is 3.00 bits per heavy atom. The fraction of sp³-hybridized carbons (Fsp3) is 0.588. The fourth-order valence-electron chi connectivity index (χ4n) is 3.49. The maximum Gasteiger partial charge on any atom is 0.229 e. The van der Waals surface area contributed by atoms with Crippen LogP contribution in [-0.2, 0) is 29.0 Å². The Labute approximate surface area is 155 Å². The summed E-state index contributed by atoms with van der Waals surface area (Å²) >= 11 is 1.42. The highest BCUT2D eigenvalue weighted by Gasteiger charge is 2.37. The van der Waals surface area contributed by atoms with E-state index in [2.05, 4.69) is 25.7 Å². The monoisotopic (exact) mass is 374 g/mol. The van der Waals surface area contributed by atoms with Crippen LogP contribution in [0, 0.1) is 5.92 Å². The number of nitrogens with one attached hydrogen (secondary N) is 2. The molecule has 2 N–H and O–H groups in total. The summed E-state index contributed by atoms with van der Waals surface area (Å²) in [5, 5.41) is 20.0. The molecular weight excluding hydrogens is 352 g/mol. The number of rotatable bonds is 5. The predicted molar refractivity (Wildman–Crippen MR) is 96.9 cm³/mol.